The molecule has 0 atom stereocenters. The summed E-state index contributed by atoms with van der Waals surface area (Å²) in [6, 6.07) is 8.22. The second kappa shape index (κ2) is 6.57. The molecule has 3 aromatic rings. The van der Waals surface area contributed by atoms with Gasteiger partial charge in [0, 0.05) is 37.3 Å². The van der Waals surface area contributed by atoms with Crippen molar-refractivity contribution in [2.45, 2.75) is 13.5 Å². The molecule has 0 bridgehead atoms. The summed E-state index contributed by atoms with van der Waals surface area (Å²) < 4.78 is 14.8. The van der Waals surface area contributed by atoms with Gasteiger partial charge in [0.05, 0.1) is 11.1 Å². The number of halogens is 1. The maximum Gasteiger partial charge on any atom is 0.263 e. The van der Waals surface area contributed by atoms with Gasteiger partial charge in [-0.05, 0) is 36.2 Å². The fraction of sp³-hybridized carbons (Fsp3) is 0.222. The summed E-state index contributed by atoms with van der Waals surface area (Å²) in [6.07, 6.45) is 3.65. The Balaban J connectivity index is 1.80. The van der Waals surface area contributed by atoms with Gasteiger partial charge in [-0.3, -0.25) is 9.48 Å². The molecule has 2 heterocycles. The van der Waals surface area contributed by atoms with E-state index in [0.29, 0.717) is 11.4 Å². The molecule has 3 rings (SSSR count). The maximum atomic E-state index is 13.1. The van der Waals surface area contributed by atoms with E-state index in [1.165, 1.54) is 23.5 Å². The van der Waals surface area contributed by atoms with Crippen molar-refractivity contribution in [3.8, 4) is 11.1 Å². The largest absolute Gasteiger partial charge is 0.337 e. The lowest BCUT2D eigenvalue weighted by Gasteiger charge is -2.14. The molecule has 4 nitrogen and oxygen atoms in total. The van der Waals surface area contributed by atoms with Gasteiger partial charge in [-0.1, -0.05) is 12.1 Å². The minimum atomic E-state index is -0.265. The predicted molar refractivity (Wildman–Crippen MR) is 93.5 cm³/mol. The minimum Gasteiger partial charge on any atom is -0.337 e. The van der Waals surface area contributed by atoms with E-state index < -0.39 is 0 Å². The van der Waals surface area contributed by atoms with Crippen LogP contribution in [0.15, 0.2) is 42.7 Å². The predicted octanol–water partition coefficient (Wildman–Crippen LogP) is 3.87. The van der Waals surface area contributed by atoms with Crippen LogP contribution in [0.1, 0.15) is 20.1 Å². The molecule has 0 saturated carbocycles. The Hall–Kier alpha value is -2.47. The Morgan fingerprint density at radius 3 is 2.67 bits per heavy atom. The number of amides is 1. The number of aryl methyl sites for hydroxylation is 2. The molecule has 6 heteroatoms. The van der Waals surface area contributed by atoms with E-state index in [9.17, 15) is 9.18 Å². The van der Waals surface area contributed by atoms with Crippen LogP contribution in [0.4, 0.5) is 4.39 Å². The molecule has 1 aromatic carbocycles. The lowest BCUT2D eigenvalue weighted by molar-refractivity contribution is 0.0790. The zero-order chi connectivity index (χ0) is 17.3. The number of nitrogens with zero attached hydrogens (tertiary/aromatic N) is 3. The summed E-state index contributed by atoms with van der Waals surface area (Å²) in [6.45, 7) is 2.48. The monoisotopic (exact) mass is 343 g/mol. The highest BCUT2D eigenvalue weighted by atomic mass is 32.1. The van der Waals surface area contributed by atoms with Crippen LogP contribution in [0.5, 0.6) is 0 Å². The van der Waals surface area contributed by atoms with Crippen molar-refractivity contribution in [3.63, 3.8) is 0 Å². The summed E-state index contributed by atoms with van der Waals surface area (Å²) in [7, 11) is 3.63. The van der Waals surface area contributed by atoms with Crippen molar-refractivity contribution in [3.05, 3.63) is 63.9 Å². The summed E-state index contributed by atoms with van der Waals surface area (Å²) in [5, 5.41) is 4.12. The van der Waals surface area contributed by atoms with Crippen LogP contribution >= 0.6 is 11.3 Å². The van der Waals surface area contributed by atoms with E-state index >= 15 is 0 Å². The van der Waals surface area contributed by atoms with Crippen LogP contribution in [-0.2, 0) is 13.6 Å². The molecule has 1 amide bonds. The zero-order valence-corrected chi connectivity index (χ0v) is 14.6. The highest BCUT2D eigenvalue weighted by molar-refractivity contribution is 7.14. The van der Waals surface area contributed by atoms with E-state index in [1.807, 2.05) is 26.2 Å². The van der Waals surface area contributed by atoms with E-state index in [-0.39, 0.29) is 11.7 Å². The van der Waals surface area contributed by atoms with Gasteiger partial charge in [-0.15, -0.1) is 11.3 Å². The minimum absolute atomic E-state index is 0.0275. The van der Waals surface area contributed by atoms with E-state index in [4.69, 9.17) is 0 Å². The molecule has 0 aliphatic carbocycles. The average molecular weight is 343 g/mol. The van der Waals surface area contributed by atoms with Crippen molar-refractivity contribution in [1.29, 1.82) is 0 Å². The molecule has 0 fully saturated rings. The summed E-state index contributed by atoms with van der Waals surface area (Å²) in [5.41, 5.74) is 2.87. The molecule has 0 N–H and O–H groups in total. The summed E-state index contributed by atoms with van der Waals surface area (Å²) in [5.74, 6) is -0.292. The quantitative estimate of drug-likeness (QED) is 0.721. The Morgan fingerprint density at radius 2 is 2.04 bits per heavy atom. The first-order valence-electron chi connectivity index (χ1n) is 7.53. The molecule has 0 unspecified atom stereocenters. The molecule has 0 aliphatic heterocycles. The van der Waals surface area contributed by atoms with E-state index in [2.05, 4.69) is 5.10 Å². The zero-order valence-electron chi connectivity index (χ0n) is 13.8. The van der Waals surface area contributed by atoms with Gasteiger partial charge in [0.1, 0.15) is 5.82 Å². The lowest BCUT2D eigenvalue weighted by Crippen LogP contribution is -2.25. The standard InChI is InChI=1S/C18H18FN3OS/c1-12-16(14-4-6-15(19)7-5-14)8-17(24-12)18(23)21(2)10-13-9-20-22(3)11-13/h4-9,11H,10H2,1-3H3. The molecule has 0 spiro atoms. The number of carbonyl (C=O) groups is 1. The molecular weight excluding hydrogens is 325 g/mol. The fourth-order valence-corrected chi connectivity index (χ4v) is 3.63. The molecule has 124 valence electrons. The number of aromatic nitrogens is 2. The lowest BCUT2D eigenvalue weighted by atomic mass is 10.1. The smallest absolute Gasteiger partial charge is 0.263 e. The highest BCUT2D eigenvalue weighted by Crippen LogP contribution is 2.31. The third-order valence-electron chi connectivity index (χ3n) is 3.81. The van der Waals surface area contributed by atoms with Gasteiger partial charge >= 0.3 is 0 Å². The van der Waals surface area contributed by atoms with Crippen molar-refractivity contribution in [1.82, 2.24) is 14.7 Å². The van der Waals surface area contributed by atoms with E-state index in [0.717, 1.165) is 21.6 Å². The van der Waals surface area contributed by atoms with Gasteiger partial charge in [0.2, 0.25) is 0 Å². The summed E-state index contributed by atoms with van der Waals surface area (Å²) in [4.78, 5) is 16.1. The molecule has 2 aromatic heterocycles. The van der Waals surface area contributed by atoms with Gasteiger partial charge < -0.3 is 4.90 Å². The number of hydrogen-bond donors (Lipinski definition) is 0. The molecular formula is C18H18FN3OS. The van der Waals surface area contributed by atoms with Gasteiger partial charge in [-0.25, -0.2) is 4.39 Å². The van der Waals surface area contributed by atoms with Crippen molar-refractivity contribution >= 4 is 17.2 Å². The van der Waals surface area contributed by atoms with Crippen molar-refractivity contribution in [2.24, 2.45) is 7.05 Å². The van der Waals surface area contributed by atoms with Crippen LogP contribution in [0, 0.1) is 12.7 Å². The SMILES string of the molecule is Cc1sc(C(=O)N(C)Cc2cnn(C)c2)cc1-c1ccc(F)cc1. The molecule has 0 radical (unpaired) electrons. The average Bonchev–Trinajstić information content (AvgIpc) is 3.13. The van der Waals surface area contributed by atoms with Crippen LogP contribution in [-0.4, -0.2) is 27.6 Å². The second-order valence-electron chi connectivity index (χ2n) is 5.77. The number of rotatable bonds is 4. The van der Waals surface area contributed by atoms with Gasteiger partial charge in [0.25, 0.3) is 5.91 Å². The molecule has 0 aliphatic rings. The highest BCUT2D eigenvalue weighted by Gasteiger charge is 2.17. The van der Waals surface area contributed by atoms with Gasteiger partial charge in [0.15, 0.2) is 0 Å². The number of hydrogen-bond acceptors (Lipinski definition) is 3. The third-order valence-corrected chi connectivity index (χ3v) is 4.85. The Bertz CT molecular complexity index is 867. The Labute approximate surface area is 144 Å². The maximum absolute atomic E-state index is 13.1. The van der Waals surface area contributed by atoms with Crippen LogP contribution < -0.4 is 0 Å². The third kappa shape index (κ3) is 3.38. The topological polar surface area (TPSA) is 38.1 Å². The first-order valence-corrected chi connectivity index (χ1v) is 8.35. The summed E-state index contributed by atoms with van der Waals surface area (Å²) >= 11 is 1.46. The fourth-order valence-electron chi connectivity index (χ4n) is 2.59. The molecule has 0 saturated heterocycles. The van der Waals surface area contributed by atoms with E-state index in [1.54, 1.807) is 35.0 Å². The number of carbonyl (C=O) groups excluding carboxylic acids is 1. The molecule has 24 heavy (non-hydrogen) atoms. The number of thiophene rings is 1. The normalized spacial score (nSPS) is 10.8. The van der Waals surface area contributed by atoms with Crippen LogP contribution in [0.2, 0.25) is 0 Å². The number of benzene rings is 1. The first-order chi connectivity index (χ1) is 11.4. The second-order valence-corrected chi connectivity index (χ2v) is 7.03. The first kappa shape index (κ1) is 16.4. The Kier molecular flexibility index (Phi) is 4.49. The Morgan fingerprint density at radius 1 is 1.33 bits per heavy atom. The van der Waals surface area contributed by atoms with Gasteiger partial charge in [-0.2, -0.15) is 5.10 Å². The van der Waals surface area contributed by atoms with Crippen LogP contribution in [0.3, 0.4) is 0 Å². The van der Waals surface area contributed by atoms with Crippen molar-refractivity contribution in [2.75, 3.05) is 7.05 Å². The van der Waals surface area contributed by atoms with Crippen molar-refractivity contribution < 1.29 is 9.18 Å². The van der Waals surface area contributed by atoms with Crippen LogP contribution in [0.25, 0.3) is 11.1 Å².